The lowest BCUT2D eigenvalue weighted by Crippen LogP contribution is -2.40. The van der Waals surface area contributed by atoms with Crippen molar-refractivity contribution in [2.75, 3.05) is 7.11 Å². The van der Waals surface area contributed by atoms with Gasteiger partial charge in [0.1, 0.15) is 0 Å². The molecule has 0 aromatic heterocycles. The first kappa shape index (κ1) is 26.8. The second-order valence-corrected chi connectivity index (χ2v) is 20.7. The van der Waals surface area contributed by atoms with Gasteiger partial charge in [-0.15, -0.1) is 0 Å². The molecular weight excluding hydrogens is 408 g/mol. The van der Waals surface area contributed by atoms with Gasteiger partial charge in [-0.2, -0.15) is 0 Å². The first-order valence-electron chi connectivity index (χ1n) is 10.7. The molecule has 0 atom stereocenters. The zero-order valence-corrected chi connectivity index (χ0v) is 22.9. The maximum atomic E-state index is 11.5. The molecule has 0 N–H and O–H groups in total. The lowest BCUT2D eigenvalue weighted by atomic mass is 10.1. The number of benzene rings is 1. The van der Waals surface area contributed by atoms with E-state index in [2.05, 4.69) is 85.9 Å². The van der Waals surface area contributed by atoms with Crippen LogP contribution in [0.2, 0.25) is 36.3 Å². The molecule has 0 fully saturated rings. The average molecular weight is 451 g/mol. The molecule has 0 radical (unpaired) electrons. The van der Waals surface area contributed by atoms with Crippen LogP contribution < -0.4 is 0 Å². The molecule has 0 aliphatic carbocycles. The smallest absolute Gasteiger partial charge is 0.330 e. The zero-order chi connectivity index (χ0) is 23.4. The molecule has 1 aromatic rings. The lowest BCUT2D eigenvalue weighted by molar-refractivity contribution is -0.134. The van der Waals surface area contributed by atoms with Crippen LogP contribution in [0, 0.1) is 0 Å². The fourth-order valence-corrected chi connectivity index (χ4v) is 4.17. The van der Waals surface area contributed by atoms with Crippen LogP contribution in [0.5, 0.6) is 0 Å². The molecule has 0 heterocycles. The predicted molar refractivity (Wildman–Crippen MR) is 131 cm³/mol. The van der Waals surface area contributed by atoms with Gasteiger partial charge in [0, 0.05) is 6.08 Å². The van der Waals surface area contributed by atoms with E-state index in [4.69, 9.17) is 13.6 Å². The van der Waals surface area contributed by atoms with E-state index in [1.54, 1.807) is 6.08 Å². The molecule has 4 nitrogen and oxygen atoms in total. The maximum Gasteiger partial charge on any atom is 0.330 e. The Bertz CT molecular complexity index is 705. The highest BCUT2D eigenvalue weighted by molar-refractivity contribution is 6.74. The second-order valence-electron chi connectivity index (χ2n) is 11.0. The van der Waals surface area contributed by atoms with Crippen molar-refractivity contribution in [3.8, 4) is 0 Å². The summed E-state index contributed by atoms with van der Waals surface area (Å²) in [5.41, 5.74) is 3.15. The number of hydrogen-bond donors (Lipinski definition) is 0. The van der Waals surface area contributed by atoms with Gasteiger partial charge in [0.25, 0.3) is 0 Å². The van der Waals surface area contributed by atoms with E-state index >= 15 is 0 Å². The molecule has 1 rings (SSSR count). The van der Waals surface area contributed by atoms with E-state index in [9.17, 15) is 4.79 Å². The van der Waals surface area contributed by atoms with Crippen molar-refractivity contribution in [3.05, 3.63) is 41.0 Å². The molecule has 30 heavy (non-hydrogen) atoms. The van der Waals surface area contributed by atoms with Crippen LogP contribution in [-0.4, -0.2) is 29.7 Å². The quantitative estimate of drug-likeness (QED) is 0.245. The predicted octanol–water partition coefficient (Wildman–Crippen LogP) is 6.92. The van der Waals surface area contributed by atoms with Crippen LogP contribution in [0.25, 0.3) is 6.08 Å². The van der Waals surface area contributed by atoms with Crippen molar-refractivity contribution in [3.63, 3.8) is 0 Å². The van der Waals surface area contributed by atoms with E-state index < -0.39 is 16.6 Å². The van der Waals surface area contributed by atoms with Crippen LogP contribution >= 0.6 is 0 Å². The van der Waals surface area contributed by atoms with Crippen molar-refractivity contribution in [2.45, 2.75) is 91.0 Å². The van der Waals surface area contributed by atoms with Gasteiger partial charge >= 0.3 is 5.97 Å². The minimum absolute atomic E-state index is 0.156. The Morgan fingerprint density at radius 3 is 1.57 bits per heavy atom. The number of carbonyl (C=O) groups is 1. The number of carbonyl (C=O) groups excluding carboxylic acids is 1. The summed E-state index contributed by atoms with van der Waals surface area (Å²) in [5, 5.41) is 0.313. The Morgan fingerprint density at radius 1 is 0.833 bits per heavy atom. The van der Waals surface area contributed by atoms with E-state index in [-0.39, 0.29) is 16.0 Å². The molecular formula is C24H42O4Si2. The summed E-state index contributed by atoms with van der Waals surface area (Å²) in [6.45, 7) is 23.6. The summed E-state index contributed by atoms with van der Waals surface area (Å²) in [6.07, 6.45) is 3.24. The molecule has 0 saturated heterocycles. The minimum atomic E-state index is -1.85. The van der Waals surface area contributed by atoms with Gasteiger partial charge < -0.3 is 13.6 Å². The third-order valence-electron chi connectivity index (χ3n) is 6.50. The van der Waals surface area contributed by atoms with E-state index in [0.29, 0.717) is 13.2 Å². The highest BCUT2D eigenvalue weighted by atomic mass is 28.4. The Hall–Kier alpha value is -1.22. The second kappa shape index (κ2) is 9.94. The van der Waals surface area contributed by atoms with Crippen LogP contribution in [-0.2, 0) is 31.6 Å². The SMILES string of the molecule is COC(=O)/C=C/c1cc(CO[Si](C)(C)C(C)(C)C)cc(CO[Si](C)(C)C(C)(C)C)c1. The van der Waals surface area contributed by atoms with E-state index in [1.807, 2.05) is 0 Å². The summed E-state index contributed by atoms with van der Waals surface area (Å²) >= 11 is 0. The number of hydrogen-bond acceptors (Lipinski definition) is 4. The minimum Gasteiger partial charge on any atom is -0.466 e. The van der Waals surface area contributed by atoms with Crippen LogP contribution in [0.4, 0.5) is 0 Å². The van der Waals surface area contributed by atoms with E-state index in [0.717, 1.165) is 16.7 Å². The molecule has 170 valence electrons. The molecule has 1 aromatic carbocycles. The van der Waals surface area contributed by atoms with Gasteiger partial charge in [-0.05, 0) is 71.2 Å². The number of rotatable bonds is 8. The monoisotopic (exact) mass is 450 g/mol. The Kier molecular flexibility index (Phi) is 8.88. The summed E-state index contributed by atoms with van der Waals surface area (Å²) in [6, 6.07) is 6.31. The van der Waals surface area contributed by atoms with Crippen LogP contribution in [0.3, 0.4) is 0 Å². The average Bonchev–Trinajstić information content (AvgIpc) is 2.61. The van der Waals surface area contributed by atoms with Gasteiger partial charge in [-0.3, -0.25) is 0 Å². The topological polar surface area (TPSA) is 44.8 Å². The lowest BCUT2D eigenvalue weighted by Gasteiger charge is -2.36. The Morgan fingerprint density at radius 2 is 1.23 bits per heavy atom. The molecule has 0 aliphatic heterocycles. The highest BCUT2D eigenvalue weighted by Gasteiger charge is 2.38. The van der Waals surface area contributed by atoms with Crippen molar-refractivity contribution in [2.24, 2.45) is 0 Å². The Balaban J connectivity index is 3.14. The Labute approximate surface area is 186 Å². The molecule has 0 amide bonds. The molecule has 6 heteroatoms. The summed E-state index contributed by atoms with van der Waals surface area (Å²) < 4.78 is 17.6. The van der Waals surface area contributed by atoms with Gasteiger partial charge in [0.15, 0.2) is 16.6 Å². The van der Waals surface area contributed by atoms with Crippen LogP contribution in [0.15, 0.2) is 24.3 Å². The van der Waals surface area contributed by atoms with Gasteiger partial charge in [-0.25, -0.2) is 4.79 Å². The number of methoxy groups -OCH3 is 1. The van der Waals surface area contributed by atoms with Crippen molar-refractivity contribution in [1.29, 1.82) is 0 Å². The maximum absolute atomic E-state index is 11.5. The van der Waals surface area contributed by atoms with Crippen molar-refractivity contribution in [1.82, 2.24) is 0 Å². The van der Waals surface area contributed by atoms with Gasteiger partial charge in [0.05, 0.1) is 20.3 Å². The zero-order valence-electron chi connectivity index (χ0n) is 20.9. The third kappa shape index (κ3) is 7.80. The first-order chi connectivity index (χ1) is 13.5. The number of esters is 1. The number of ether oxygens (including phenoxy) is 1. The summed E-state index contributed by atoms with van der Waals surface area (Å²) in [5.74, 6) is -0.364. The normalized spacial score (nSPS) is 13.7. The molecule has 0 saturated carbocycles. The molecule has 0 unspecified atom stereocenters. The molecule has 0 spiro atoms. The molecule has 0 bridgehead atoms. The summed E-state index contributed by atoms with van der Waals surface area (Å²) in [7, 11) is -2.33. The summed E-state index contributed by atoms with van der Waals surface area (Å²) in [4.78, 5) is 11.5. The standard InChI is InChI=1S/C24H42O4Si2/c1-23(2,3)29(8,9)27-17-20-14-19(12-13-22(25)26-7)15-21(16-20)18-28-30(10,11)24(4,5)6/h12-16H,17-18H2,1-11H3/b13-12+. The highest BCUT2D eigenvalue weighted by Crippen LogP contribution is 2.38. The van der Waals surface area contributed by atoms with E-state index in [1.165, 1.54) is 13.2 Å². The van der Waals surface area contributed by atoms with Gasteiger partial charge in [-0.1, -0.05) is 47.6 Å². The fraction of sp³-hybridized carbons (Fsp3) is 0.625. The fourth-order valence-electron chi connectivity index (χ4n) is 2.25. The van der Waals surface area contributed by atoms with Crippen LogP contribution in [0.1, 0.15) is 58.2 Å². The van der Waals surface area contributed by atoms with Gasteiger partial charge in [0.2, 0.25) is 0 Å². The largest absolute Gasteiger partial charge is 0.466 e. The van der Waals surface area contributed by atoms with Crippen molar-refractivity contribution < 1.29 is 18.4 Å². The third-order valence-corrected chi connectivity index (χ3v) is 15.5. The molecule has 0 aliphatic rings. The first-order valence-corrected chi connectivity index (χ1v) is 16.5. The van der Waals surface area contributed by atoms with Crippen molar-refractivity contribution >= 4 is 28.7 Å².